The van der Waals surface area contributed by atoms with Crippen LogP contribution in [0.15, 0.2) is 67.1 Å². The predicted octanol–water partition coefficient (Wildman–Crippen LogP) is 5.06. The van der Waals surface area contributed by atoms with Crippen LogP contribution in [0.2, 0.25) is 0 Å². The summed E-state index contributed by atoms with van der Waals surface area (Å²) in [5, 5.41) is 3.44. The van der Waals surface area contributed by atoms with E-state index in [1.165, 1.54) is 10.1 Å². The van der Waals surface area contributed by atoms with Crippen LogP contribution in [0.25, 0.3) is 42.5 Å². The average molecular weight is 313 g/mol. The maximum absolute atomic E-state index is 4.64. The van der Waals surface area contributed by atoms with Gasteiger partial charge in [-0.1, -0.05) is 24.3 Å². The second kappa shape index (κ2) is 4.83. The van der Waals surface area contributed by atoms with Crippen LogP contribution in [0.4, 0.5) is 0 Å². The molecule has 0 spiro atoms. The number of aromatic nitrogens is 3. The third kappa shape index (κ3) is 1.92. The topological polar surface area (TPSA) is 38.7 Å². The third-order valence-electron chi connectivity index (χ3n) is 4.03. The molecule has 0 N–H and O–H groups in total. The number of rotatable bonds is 1. The van der Waals surface area contributed by atoms with Gasteiger partial charge < -0.3 is 0 Å². The number of nitrogens with zero attached hydrogens (tertiary/aromatic N) is 3. The Bertz CT molecular complexity index is 1170. The fraction of sp³-hybridized carbons (Fsp3) is 0. The summed E-state index contributed by atoms with van der Waals surface area (Å²) in [6, 6.07) is 16.5. The van der Waals surface area contributed by atoms with E-state index >= 15 is 0 Å². The van der Waals surface area contributed by atoms with Crippen molar-refractivity contribution in [1.82, 2.24) is 15.0 Å². The fourth-order valence-electron chi connectivity index (χ4n) is 2.96. The molecule has 0 unspecified atom stereocenters. The first-order valence-electron chi connectivity index (χ1n) is 7.37. The van der Waals surface area contributed by atoms with Crippen LogP contribution in [0.3, 0.4) is 0 Å². The van der Waals surface area contributed by atoms with Gasteiger partial charge in [-0.05, 0) is 29.7 Å². The zero-order valence-corrected chi connectivity index (χ0v) is 12.9. The van der Waals surface area contributed by atoms with Crippen molar-refractivity contribution < 1.29 is 0 Å². The second-order valence-electron chi connectivity index (χ2n) is 5.40. The lowest BCUT2D eigenvalue weighted by Crippen LogP contribution is -1.88. The SMILES string of the molecule is c1ccc2c(-c3cc4c(cn3)sc3cccnc34)nccc2c1. The number of thiophene rings is 1. The van der Waals surface area contributed by atoms with Gasteiger partial charge in [0, 0.05) is 29.4 Å². The molecule has 3 nitrogen and oxygen atoms in total. The van der Waals surface area contributed by atoms with Gasteiger partial charge in [0.25, 0.3) is 0 Å². The summed E-state index contributed by atoms with van der Waals surface area (Å²) in [6.45, 7) is 0. The van der Waals surface area contributed by atoms with Crippen LogP contribution in [-0.2, 0) is 0 Å². The normalized spacial score (nSPS) is 11.5. The van der Waals surface area contributed by atoms with Crippen LogP contribution in [0.5, 0.6) is 0 Å². The minimum atomic E-state index is 0.889. The van der Waals surface area contributed by atoms with E-state index in [0.717, 1.165) is 32.4 Å². The molecule has 0 bridgehead atoms. The van der Waals surface area contributed by atoms with Gasteiger partial charge in [0.2, 0.25) is 0 Å². The largest absolute Gasteiger partial charge is 0.255 e. The molecule has 4 heterocycles. The molecule has 4 aromatic heterocycles. The van der Waals surface area contributed by atoms with Gasteiger partial charge in [0.1, 0.15) is 0 Å². The molecule has 23 heavy (non-hydrogen) atoms. The number of hydrogen-bond donors (Lipinski definition) is 0. The van der Waals surface area contributed by atoms with Gasteiger partial charge in [-0.2, -0.15) is 0 Å². The van der Waals surface area contributed by atoms with E-state index in [2.05, 4.69) is 39.2 Å². The van der Waals surface area contributed by atoms with E-state index in [0.29, 0.717) is 0 Å². The van der Waals surface area contributed by atoms with Crippen molar-refractivity contribution in [1.29, 1.82) is 0 Å². The quantitative estimate of drug-likeness (QED) is 0.434. The molecular weight excluding hydrogens is 302 g/mol. The van der Waals surface area contributed by atoms with Crippen molar-refractivity contribution in [2.45, 2.75) is 0 Å². The Balaban J connectivity index is 1.84. The van der Waals surface area contributed by atoms with Gasteiger partial charge in [-0.25, -0.2) is 0 Å². The summed E-state index contributed by atoms with van der Waals surface area (Å²) in [6.07, 6.45) is 5.61. The lowest BCUT2D eigenvalue weighted by Gasteiger charge is -2.05. The lowest BCUT2D eigenvalue weighted by atomic mass is 10.1. The Labute approximate surface area is 136 Å². The van der Waals surface area contributed by atoms with Crippen molar-refractivity contribution >= 4 is 42.4 Å². The van der Waals surface area contributed by atoms with Crippen LogP contribution in [0, 0.1) is 0 Å². The highest BCUT2D eigenvalue weighted by Crippen LogP contribution is 2.34. The molecular formula is C19H11N3S. The molecule has 0 amide bonds. The van der Waals surface area contributed by atoms with E-state index in [9.17, 15) is 0 Å². The van der Waals surface area contributed by atoms with Crippen molar-refractivity contribution in [2.75, 3.05) is 0 Å². The predicted molar refractivity (Wildman–Crippen MR) is 95.7 cm³/mol. The first-order chi connectivity index (χ1) is 11.4. The highest BCUT2D eigenvalue weighted by atomic mass is 32.1. The van der Waals surface area contributed by atoms with Crippen LogP contribution >= 0.6 is 11.3 Å². The molecule has 0 fully saturated rings. The average Bonchev–Trinajstić information content (AvgIpc) is 2.99. The molecule has 5 rings (SSSR count). The summed E-state index contributed by atoms with van der Waals surface area (Å²) in [7, 11) is 0. The minimum absolute atomic E-state index is 0.889. The summed E-state index contributed by atoms with van der Waals surface area (Å²) in [5.74, 6) is 0. The molecule has 0 aliphatic heterocycles. The Hall–Kier alpha value is -2.85. The van der Waals surface area contributed by atoms with Crippen molar-refractivity contribution in [3.63, 3.8) is 0 Å². The smallest absolute Gasteiger partial charge is 0.0964 e. The summed E-state index contributed by atoms with van der Waals surface area (Å²) >= 11 is 1.72. The zero-order valence-electron chi connectivity index (χ0n) is 12.1. The van der Waals surface area contributed by atoms with Crippen molar-refractivity contribution in [3.05, 3.63) is 67.1 Å². The Morgan fingerprint density at radius 2 is 1.70 bits per heavy atom. The molecule has 0 atom stereocenters. The molecule has 0 saturated heterocycles. The Morgan fingerprint density at radius 3 is 2.70 bits per heavy atom. The third-order valence-corrected chi connectivity index (χ3v) is 5.12. The minimum Gasteiger partial charge on any atom is -0.255 e. The van der Waals surface area contributed by atoms with E-state index in [-0.39, 0.29) is 0 Å². The highest BCUT2D eigenvalue weighted by molar-refractivity contribution is 7.25. The molecule has 0 aliphatic rings. The number of benzene rings is 1. The van der Waals surface area contributed by atoms with Crippen molar-refractivity contribution in [2.24, 2.45) is 0 Å². The number of hydrogen-bond acceptors (Lipinski definition) is 4. The molecule has 1 aromatic carbocycles. The first kappa shape index (κ1) is 12.7. The molecule has 0 saturated carbocycles. The van der Waals surface area contributed by atoms with Crippen LogP contribution < -0.4 is 0 Å². The Kier molecular flexibility index (Phi) is 2.66. The molecule has 4 heteroatoms. The van der Waals surface area contributed by atoms with Crippen LogP contribution in [-0.4, -0.2) is 15.0 Å². The van der Waals surface area contributed by atoms with E-state index < -0.39 is 0 Å². The monoisotopic (exact) mass is 313 g/mol. The van der Waals surface area contributed by atoms with Gasteiger partial charge >= 0.3 is 0 Å². The van der Waals surface area contributed by atoms with Crippen LogP contribution in [0.1, 0.15) is 0 Å². The first-order valence-corrected chi connectivity index (χ1v) is 8.19. The van der Waals surface area contributed by atoms with Gasteiger partial charge in [-0.3, -0.25) is 15.0 Å². The van der Waals surface area contributed by atoms with E-state index in [1.807, 2.05) is 42.9 Å². The van der Waals surface area contributed by atoms with Gasteiger partial charge in [-0.15, -0.1) is 11.3 Å². The molecule has 0 aliphatic carbocycles. The molecule has 0 radical (unpaired) electrons. The summed E-state index contributed by atoms with van der Waals surface area (Å²) in [4.78, 5) is 13.7. The highest BCUT2D eigenvalue weighted by Gasteiger charge is 2.11. The Morgan fingerprint density at radius 1 is 0.739 bits per heavy atom. The lowest BCUT2D eigenvalue weighted by molar-refractivity contribution is 1.28. The van der Waals surface area contributed by atoms with Crippen molar-refractivity contribution in [3.8, 4) is 11.4 Å². The standard InChI is InChI=1S/C19H11N3S/c1-2-5-13-12(4-1)7-9-21-18(13)15-10-14-17(11-22-15)23-16-6-3-8-20-19(14)16/h1-11H. The van der Waals surface area contributed by atoms with Gasteiger partial charge in [0.15, 0.2) is 0 Å². The van der Waals surface area contributed by atoms with E-state index in [4.69, 9.17) is 0 Å². The second-order valence-corrected chi connectivity index (χ2v) is 6.48. The molecule has 5 aromatic rings. The maximum atomic E-state index is 4.64. The summed E-state index contributed by atoms with van der Waals surface area (Å²) < 4.78 is 2.34. The van der Waals surface area contributed by atoms with E-state index in [1.54, 1.807) is 11.3 Å². The summed E-state index contributed by atoms with van der Waals surface area (Å²) in [5.41, 5.74) is 2.84. The maximum Gasteiger partial charge on any atom is 0.0964 e. The van der Waals surface area contributed by atoms with Gasteiger partial charge in [0.05, 0.1) is 26.3 Å². The number of pyridine rings is 3. The zero-order chi connectivity index (χ0) is 15.2. The molecule has 108 valence electrons. The fourth-order valence-corrected chi connectivity index (χ4v) is 3.97. The number of fused-ring (bicyclic) bond motifs is 4.